The number of benzene rings is 1. The number of amides is 3. The predicted molar refractivity (Wildman–Crippen MR) is 108 cm³/mol. The molecule has 8 heteroatoms. The highest BCUT2D eigenvalue weighted by Gasteiger charge is 2.34. The standard InChI is InChI=1S/C21H30N2O6/c1-4-9-27-10-11-28-12-13-29-17-5-6-18(15(2)14-17)23(16(3)24)19-7-8-20(25)22-21(19)26/h5-6,14,19H,4,7-13H2,1-3H3,(H,22,25,26). The lowest BCUT2D eigenvalue weighted by Crippen LogP contribution is -2.54. The molecule has 0 aromatic heterocycles. The fraction of sp³-hybridized carbons (Fsp3) is 0.571. The average Bonchev–Trinajstić information content (AvgIpc) is 2.67. The first kappa shape index (κ1) is 22.8. The van der Waals surface area contributed by atoms with E-state index in [1.807, 2.05) is 13.0 Å². The third-order valence-corrected chi connectivity index (χ3v) is 4.51. The van der Waals surface area contributed by atoms with Crippen molar-refractivity contribution in [2.75, 3.05) is 37.9 Å². The van der Waals surface area contributed by atoms with E-state index in [2.05, 4.69) is 12.2 Å². The Labute approximate surface area is 171 Å². The van der Waals surface area contributed by atoms with Crippen molar-refractivity contribution >= 4 is 23.4 Å². The molecule has 0 saturated carbocycles. The summed E-state index contributed by atoms with van der Waals surface area (Å²) in [7, 11) is 0. The number of anilines is 1. The second-order valence-electron chi connectivity index (χ2n) is 6.88. The molecular weight excluding hydrogens is 376 g/mol. The third-order valence-electron chi connectivity index (χ3n) is 4.51. The van der Waals surface area contributed by atoms with Crippen molar-refractivity contribution in [2.24, 2.45) is 0 Å². The Balaban J connectivity index is 1.92. The van der Waals surface area contributed by atoms with E-state index in [0.717, 1.165) is 18.6 Å². The molecule has 0 spiro atoms. The van der Waals surface area contributed by atoms with Crippen LogP contribution >= 0.6 is 0 Å². The summed E-state index contributed by atoms with van der Waals surface area (Å²) in [5.74, 6) is -0.357. The largest absolute Gasteiger partial charge is 0.491 e. The monoisotopic (exact) mass is 406 g/mol. The van der Waals surface area contributed by atoms with Gasteiger partial charge in [0.15, 0.2) is 0 Å². The SMILES string of the molecule is CCCOCCOCCOc1ccc(N(C(C)=O)C2CCC(=O)NC2=O)c(C)c1. The Morgan fingerprint density at radius 2 is 1.83 bits per heavy atom. The summed E-state index contributed by atoms with van der Waals surface area (Å²) in [4.78, 5) is 37.3. The first-order valence-corrected chi connectivity index (χ1v) is 9.96. The van der Waals surface area contributed by atoms with Crippen LogP contribution in [0.25, 0.3) is 0 Å². The Bertz CT molecular complexity index is 721. The molecule has 1 unspecified atom stereocenters. The zero-order valence-corrected chi connectivity index (χ0v) is 17.4. The quantitative estimate of drug-likeness (QED) is 0.446. The molecule has 3 amide bonds. The number of carbonyl (C=O) groups is 3. The molecule has 8 nitrogen and oxygen atoms in total. The lowest BCUT2D eigenvalue weighted by atomic mass is 10.0. The number of aryl methyl sites for hydroxylation is 1. The first-order chi connectivity index (χ1) is 13.9. The second-order valence-corrected chi connectivity index (χ2v) is 6.88. The van der Waals surface area contributed by atoms with Crippen LogP contribution in [0.2, 0.25) is 0 Å². The van der Waals surface area contributed by atoms with Gasteiger partial charge in [0.2, 0.25) is 17.7 Å². The third kappa shape index (κ3) is 6.83. The van der Waals surface area contributed by atoms with Crippen molar-refractivity contribution in [1.82, 2.24) is 5.32 Å². The maximum Gasteiger partial charge on any atom is 0.249 e. The van der Waals surface area contributed by atoms with Crippen LogP contribution in [0, 0.1) is 6.92 Å². The molecule has 0 radical (unpaired) electrons. The van der Waals surface area contributed by atoms with Gasteiger partial charge in [-0.05, 0) is 43.5 Å². The van der Waals surface area contributed by atoms with Crippen LogP contribution in [0.4, 0.5) is 5.69 Å². The summed E-state index contributed by atoms with van der Waals surface area (Å²) < 4.78 is 16.5. The number of nitrogens with one attached hydrogen (secondary N) is 1. The number of piperidine rings is 1. The highest BCUT2D eigenvalue weighted by molar-refractivity contribution is 6.06. The molecule has 1 aromatic rings. The Morgan fingerprint density at radius 3 is 2.45 bits per heavy atom. The maximum atomic E-state index is 12.2. The van der Waals surface area contributed by atoms with Gasteiger partial charge in [0.25, 0.3) is 0 Å². The smallest absolute Gasteiger partial charge is 0.249 e. The summed E-state index contributed by atoms with van der Waals surface area (Å²) in [5, 5.41) is 2.30. The number of hydrogen-bond donors (Lipinski definition) is 1. The summed E-state index contributed by atoms with van der Waals surface area (Å²) in [6, 6.07) is 4.64. The molecule has 0 bridgehead atoms. The van der Waals surface area contributed by atoms with Crippen molar-refractivity contribution in [1.29, 1.82) is 0 Å². The number of nitrogens with zero attached hydrogens (tertiary/aromatic N) is 1. The van der Waals surface area contributed by atoms with Gasteiger partial charge in [0.1, 0.15) is 18.4 Å². The van der Waals surface area contributed by atoms with Crippen LogP contribution in [0.5, 0.6) is 5.75 Å². The topological polar surface area (TPSA) is 94.2 Å². The summed E-state index contributed by atoms with van der Waals surface area (Å²) in [6.07, 6.45) is 1.51. The van der Waals surface area contributed by atoms with Crippen molar-refractivity contribution < 1.29 is 28.6 Å². The predicted octanol–water partition coefficient (Wildman–Crippen LogP) is 1.98. The minimum Gasteiger partial charge on any atom is -0.491 e. The van der Waals surface area contributed by atoms with Gasteiger partial charge in [0.05, 0.1) is 19.8 Å². The maximum absolute atomic E-state index is 12.2. The van der Waals surface area contributed by atoms with Crippen molar-refractivity contribution in [3.8, 4) is 5.75 Å². The van der Waals surface area contributed by atoms with E-state index in [1.165, 1.54) is 11.8 Å². The molecule has 1 aromatic carbocycles. The summed E-state index contributed by atoms with van der Waals surface area (Å²) in [5.41, 5.74) is 1.43. The lowest BCUT2D eigenvalue weighted by molar-refractivity contribution is -0.135. The van der Waals surface area contributed by atoms with Gasteiger partial charge < -0.3 is 14.2 Å². The van der Waals surface area contributed by atoms with E-state index in [-0.39, 0.29) is 18.2 Å². The first-order valence-electron chi connectivity index (χ1n) is 9.96. The van der Waals surface area contributed by atoms with Crippen LogP contribution in [0.1, 0.15) is 38.7 Å². The van der Waals surface area contributed by atoms with E-state index in [1.54, 1.807) is 12.1 Å². The van der Waals surface area contributed by atoms with Gasteiger partial charge in [-0.3, -0.25) is 24.6 Å². The molecule has 1 N–H and O–H groups in total. The minimum atomic E-state index is -0.695. The van der Waals surface area contributed by atoms with Crippen LogP contribution in [0.3, 0.4) is 0 Å². The van der Waals surface area contributed by atoms with Gasteiger partial charge in [-0.1, -0.05) is 6.92 Å². The highest BCUT2D eigenvalue weighted by Crippen LogP contribution is 2.28. The number of ether oxygens (including phenoxy) is 3. The van der Waals surface area contributed by atoms with E-state index >= 15 is 0 Å². The van der Waals surface area contributed by atoms with E-state index in [0.29, 0.717) is 44.3 Å². The molecule has 1 atom stereocenters. The molecule has 2 rings (SSSR count). The van der Waals surface area contributed by atoms with Crippen molar-refractivity contribution in [3.05, 3.63) is 23.8 Å². The second kappa shape index (κ2) is 11.5. The normalized spacial score (nSPS) is 16.4. The van der Waals surface area contributed by atoms with Gasteiger partial charge in [0, 0.05) is 25.6 Å². The average molecular weight is 406 g/mol. The minimum absolute atomic E-state index is 0.212. The van der Waals surface area contributed by atoms with Gasteiger partial charge >= 0.3 is 0 Å². The molecular formula is C21H30N2O6. The fourth-order valence-corrected chi connectivity index (χ4v) is 3.16. The fourth-order valence-electron chi connectivity index (χ4n) is 3.16. The van der Waals surface area contributed by atoms with Crippen LogP contribution in [-0.4, -0.2) is 56.8 Å². The zero-order valence-electron chi connectivity index (χ0n) is 17.4. The molecule has 1 aliphatic heterocycles. The van der Waals surface area contributed by atoms with Crippen LogP contribution < -0.4 is 15.0 Å². The van der Waals surface area contributed by atoms with E-state index in [9.17, 15) is 14.4 Å². The van der Waals surface area contributed by atoms with Gasteiger partial charge in [-0.2, -0.15) is 0 Å². The molecule has 160 valence electrons. The van der Waals surface area contributed by atoms with Crippen LogP contribution in [0.15, 0.2) is 18.2 Å². The molecule has 1 aliphatic rings. The Kier molecular flexibility index (Phi) is 9.08. The lowest BCUT2D eigenvalue weighted by Gasteiger charge is -2.33. The number of rotatable bonds is 11. The highest BCUT2D eigenvalue weighted by atomic mass is 16.5. The summed E-state index contributed by atoms with van der Waals surface area (Å²) >= 11 is 0. The van der Waals surface area contributed by atoms with Crippen LogP contribution in [-0.2, 0) is 23.9 Å². The number of carbonyl (C=O) groups excluding carboxylic acids is 3. The van der Waals surface area contributed by atoms with E-state index in [4.69, 9.17) is 14.2 Å². The van der Waals surface area contributed by atoms with Gasteiger partial charge in [-0.25, -0.2) is 0 Å². The van der Waals surface area contributed by atoms with Crippen molar-refractivity contribution in [3.63, 3.8) is 0 Å². The Hall–Kier alpha value is -2.45. The molecule has 1 fully saturated rings. The molecule has 29 heavy (non-hydrogen) atoms. The Morgan fingerprint density at radius 1 is 1.14 bits per heavy atom. The van der Waals surface area contributed by atoms with Gasteiger partial charge in [-0.15, -0.1) is 0 Å². The number of imide groups is 1. The zero-order chi connectivity index (χ0) is 21.2. The van der Waals surface area contributed by atoms with E-state index < -0.39 is 11.9 Å². The molecule has 1 heterocycles. The summed E-state index contributed by atoms with van der Waals surface area (Å²) in [6.45, 7) is 8.01. The van der Waals surface area contributed by atoms with Crippen molar-refractivity contribution in [2.45, 2.75) is 46.1 Å². The number of hydrogen-bond acceptors (Lipinski definition) is 6. The molecule has 0 aliphatic carbocycles. The molecule has 1 saturated heterocycles.